The molecule has 3 rings (SSSR count). The topological polar surface area (TPSA) is 55.8 Å². The van der Waals surface area contributed by atoms with Gasteiger partial charge in [-0.1, -0.05) is 29.8 Å². The Balaban J connectivity index is 2.18. The van der Waals surface area contributed by atoms with Crippen molar-refractivity contribution in [3.8, 4) is 11.5 Å². The number of ether oxygens (including phenoxy) is 2. The van der Waals surface area contributed by atoms with Gasteiger partial charge in [-0.15, -0.1) is 0 Å². The van der Waals surface area contributed by atoms with E-state index < -0.39 is 21.9 Å². The highest BCUT2D eigenvalue weighted by molar-refractivity contribution is 7.92. The predicted octanol–water partition coefficient (Wildman–Crippen LogP) is 5.11. The SMILES string of the molecule is COc1ccc(N([C@H](C)c2ccc(C)cc2)S(=O)(=O)c2ccc(F)cc2)cc1OC. The van der Waals surface area contributed by atoms with E-state index in [1.807, 2.05) is 38.1 Å². The number of rotatable bonds is 7. The lowest BCUT2D eigenvalue weighted by Gasteiger charge is -2.31. The molecule has 0 amide bonds. The highest BCUT2D eigenvalue weighted by Crippen LogP contribution is 2.38. The third-order valence-electron chi connectivity index (χ3n) is 4.90. The van der Waals surface area contributed by atoms with E-state index in [-0.39, 0.29) is 4.90 Å². The molecule has 0 saturated carbocycles. The number of nitrogens with zero attached hydrogens (tertiary/aromatic N) is 1. The Morgan fingerprint density at radius 3 is 2.03 bits per heavy atom. The van der Waals surface area contributed by atoms with Gasteiger partial charge in [-0.25, -0.2) is 12.8 Å². The van der Waals surface area contributed by atoms with Crippen LogP contribution in [0.3, 0.4) is 0 Å². The van der Waals surface area contributed by atoms with Crippen LogP contribution in [0.2, 0.25) is 0 Å². The first-order valence-corrected chi connectivity index (χ1v) is 10.8. The molecule has 30 heavy (non-hydrogen) atoms. The summed E-state index contributed by atoms with van der Waals surface area (Å²) in [4.78, 5) is -0.00218. The monoisotopic (exact) mass is 429 g/mol. The number of aryl methyl sites for hydroxylation is 1. The molecular formula is C23H24FNO4S. The molecule has 0 saturated heterocycles. The smallest absolute Gasteiger partial charge is 0.264 e. The van der Waals surface area contributed by atoms with Gasteiger partial charge in [0.25, 0.3) is 10.0 Å². The fraction of sp³-hybridized carbons (Fsp3) is 0.217. The van der Waals surface area contributed by atoms with Crippen molar-refractivity contribution in [3.63, 3.8) is 0 Å². The normalized spacial score (nSPS) is 12.3. The third-order valence-corrected chi connectivity index (χ3v) is 6.82. The predicted molar refractivity (Wildman–Crippen MR) is 115 cm³/mol. The zero-order valence-electron chi connectivity index (χ0n) is 17.3. The molecule has 0 aromatic heterocycles. The highest BCUT2D eigenvalue weighted by Gasteiger charge is 2.31. The minimum absolute atomic E-state index is 0.00218. The van der Waals surface area contributed by atoms with Crippen molar-refractivity contribution in [1.29, 1.82) is 0 Å². The Morgan fingerprint density at radius 2 is 1.47 bits per heavy atom. The average Bonchev–Trinajstić information content (AvgIpc) is 2.74. The summed E-state index contributed by atoms with van der Waals surface area (Å²) in [6.07, 6.45) is 0. The lowest BCUT2D eigenvalue weighted by Crippen LogP contribution is -2.33. The van der Waals surface area contributed by atoms with Crippen LogP contribution in [0.15, 0.2) is 71.6 Å². The molecule has 7 heteroatoms. The van der Waals surface area contributed by atoms with Gasteiger partial charge in [0.15, 0.2) is 11.5 Å². The number of halogens is 1. The first-order chi connectivity index (χ1) is 14.3. The molecule has 5 nitrogen and oxygen atoms in total. The van der Waals surface area contributed by atoms with Crippen LogP contribution in [0.1, 0.15) is 24.1 Å². The summed E-state index contributed by atoms with van der Waals surface area (Å²) >= 11 is 0. The van der Waals surface area contributed by atoms with E-state index in [0.717, 1.165) is 23.3 Å². The molecule has 0 N–H and O–H groups in total. The van der Waals surface area contributed by atoms with Crippen molar-refractivity contribution in [2.75, 3.05) is 18.5 Å². The summed E-state index contributed by atoms with van der Waals surface area (Å²) < 4.78 is 52.6. The molecule has 3 aromatic rings. The summed E-state index contributed by atoms with van der Waals surface area (Å²) in [6, 6.07) is 16.9. The minimum atomic E-state index is -4.00. The minimum Gasteiger partial charge on any atom is -0.493 e. The Labute approximate surface area is 176 Å². The van der Waals surface area contributed by atoms with Crippen molar-refractivity contribution in [3.05, 3.63) is 83.7 Å². The van der Waals surface area contributed by atoms with Crippen LogP contribution < -0.4 is 13.8 Å². The van der Waals surface area contributed by atoms with Gasteiger partial charge in [0.1, 0.15) is 5.82 Å². The fourth-order valence-corrected chi connectivity index (χ4v) is 4.87. The van der Waals surface area contributed by atoms with Crippen molar-refractivity contribution in [2.45, 2.75) is 24.8 Å². The maximum Gasteiger partial charge on any atom is 0.264 e. The molecule has 0 bridgehead atoms. The summed E-state index contributed by atoms with van der Waals surface area (Å²) in [5, 5.41) is 0. The number of benzene rings is 3. The van der Waals surface area contributed by atoms with Crippen molar-refractivity contribution >= 4 is 15.7 Å². The molecule has 0 aliphatic heterocycles. The fourth-order valence-electron chi connectivity index (χ4n) is 3.23. The van der Waals surface area contributed by atoms with Crippen LogP contribution in [0.5, 0.6) is 11.5 Å². The van der Waals surface area contributed by atoms with Crippen LogP contribution in [0.25, 0.3) is 0 Å². The maximum absolute atomic E-state index is 13.6. The summed E-state index contributed by atoms with van der Waals surface area (Å²) in [6.45, 7) is 3.78. The number of sulfonamides is 1. The van der Waals surface area contributed by atoms with Gasteiger partial charge in [-0.2, -0.15) is 0 Å². The Kier molecular flexibility index (Phi) is 6.31. The second kappa shape index (κ2) is 8.75. The van der Waals surface area contributed by atoms with Gasteiger partial charge in [-0.05, 0) is 55.8 Å². The van der Waals surface area contributed by atoms with E-state index in [2.05, 4.69) is 0 Å². The molecule has 0 heterocycles. The van der Waals surface area contributed by atoms with Crippen LogP contribution in [0.4, 0.5) is 10.1 Å². The molecule has 0 radical (unpaired) electrons. The van der Waals surface area contributed by atoms with Gasteiger partial charge in [0, 0.05) is 6.07 Å². The lowest BCUT2D eigenvalue weighted by atomic mass is 10.1. The molecule has 1 atom stereocenters. The number of hydrogen-bond acceptors (Lipinski definition) is 4. The summed E-state index contributed by atoms with van der Waals surface area (Å²) in [7, 11) is -0.999. The van der Waals surface area contributed by atoms with Gasteiger partial charge < -0.3 is 9.47 Å². The maximum atomic E-state index is 13.6. The first kappa shape index (κ1) is 21.6. The first-order valence-electron chi connectivity index (χ1n) is 9.36. The van der Waals surface area contributed by atoms with E-state index in [0.29, 0.717) is 17.2 Å². The van der Waals surface area contributed by atoms with Crippen LogP contribution in [0, 0.1) is 12.7 Å². The van der Waals surface area contributed by atoms with E-state index >= 15 is 0 Å². The largest absolute Gasteiger partial charge is 0.493 e. The average molecular weight is 430 g/mol. The molecule has 158 valence electrons. The molecule has 0 spiro atoms. The number of methoxy groups -OCH3 is 2. The molecule has 0 aliphatic carbocycles. The zero-order chi connectivity index (χ0) is 21.9. The van der Waals surface area contributed by atoms with Gasteiger partial charge in [-0.3, -0.25) is 4.31 Å². The molecule has 0 unspecified atom stereocenters. The second-order valence-corrected chi connectivity index (χ2v) is 8.70. The van der Waals surface area contributed by atoms with E-state index in [4.69, 9.17) is 9.47 Å². The van der Waals surface area contributed by atoms with Gasteiger partial charge in [0.2, 0.25) is 0 Å². The second-order valence-electron chi connectivity index (χ2n) is 6.88. The van der Waals surface area contributed by atoms with E-state index in [9.17, 15) is 12.8 Å². The Bertz CT molecular complexity index is 1110. The Hall–Kier alpha value is -3.06. The molecule has 3 aromatic carbocycles. The Morgan fingerprint density at radius 1 is 0.867 bits per heavy atom. The van der Waals surface area contributed by atoms with Gasteiger partial charge in [0.05, 0.1) is 30.8 Å². The summed E-state index contributed by atoms with van der Waals surface area (Å²) in [5.74, 6) is 0.395. The molecule has 0 aliphatic rings. The van der Waals surface area contributed by atoms with Crippen LogP contribution >= 0.6 is 0 Å². The van der Waals surface area contributed by atoms with E-state index in [1.165, 1.54) is 30.7 Å². The standard InChI is InChI=1S/C23H24FNO4S/c1-16-5-7-18(8-6-16)17(2)25(20-11-14-22(28-3)23(15-20)29-4)30(26,27)21-12-9-19(24)10-13-21/h5-15,17H,1-4H3/t17-/m1/s1. The third kappa shape index (κ3) is 4.26. The van der Waals surface area contributed by atoms with Gasteiger partial charge >= 0.3 is 0 Å². The lowest BCUT2D eigenvalue weighted by molar-refractivity contribution is 0.355. The molecule has 0 fully saturated rings. The quantitative estimate of drug-likeness (QED) is 0.524. The zero-order valence-corrected chi connectivity index (χ0v) is 18.1. The highest BCUT2D eigenvalue weighted by atomic mass is 32.2. The van der Waals surface area contributed by atoms with Crippen LogP contribution in [-0.4, -0.2) is 22.6 Å². The van der Waals surface area contributed by atoms with Crippen molar-refractivity contribution in [2.24, 2.45) is 0 Å². The van der Waals surface area contributed by atoms with Crippen molar-refractivity contribution < 1.29 is 22.3 Å². The number of anilines is 1. The van der Waals surface area contributed by atoms with Crippen LogP contribution in [-0.2, 0) is 10.0 Å². The van der Waals surface area contributed by atoms with Crippen molar-refractivity contribution in [1.82, 2.24) is 0 Å². The van der Waals surface area contributed by atoms with E-state index in [1.54, 1.807) is 18.2 Å². The number of hydrogen-bond donors (Lipinski definition) is 0. The molecular weight excluding hydrogens is 405 g/mol. The summed E-state index contributed by atoms with van der Waals surface area (Å²) in [5.41, 5.74) is 2.30.